The molecule has 1 aliphatic rings. The molecule has 1 aliphatic heterocycles. The second kappa shape index (κ2) is 10.8. The number of anilines is 5. The van der Waals surface area contributed by atoms with Crippen LogP contribution in [0.15, 0.2) is 65.9 Å². The molecule has 37 heavy (non-hydrogen) atoms. The van der Waals surface area contributed by atoms with Gasteiger partial charge in [-0.15, -0.1) is 0 Å². The summed E-state index contributed by atoms with van der Waals surface area (Å²) in [7, 11) is 3.75. The highest BCUT2D eigenvalue weighted by molar-refractivity contribution is 6.08. The van der Waals surface area contributed by atoms with Gasteiger partial charge in [0, 0.05) is 41.4 Å². The van der Waals surface area contributed by atoms with Crippen LogP contribution in [0.25, 0.3) is 0 Å². The number of amides is 2. The Hall–Kier alpha value is -4.24. The summed E-state index contributed by atoms with van der Waals surface area (Å²) < 4.78 is 0. The Labute approximate surface area is 217 Å². The summed E-state index contributed by atoms with van der Waals surface area (Å²) in [4.78, 5) is 34.3. The third kappa shape index (κ3) is 5.95. The zero-order chi connectivity index (χ0) is 26.6. The predicted octanol–water partition coefficient (Wildman–Crippen LogP) is 4.68. The van der Waals surface area contributed by atoms with Crippen LogP contribution in [0.1, 0.15) is 36.7 Å². The fraction of sp³-hybridized carbons (Fsp3) is 0.286. The Balaban J connectivity index is 1.56. The van der Waals surface area contributed by atoms with Crippen LogP contribution in [0, 0.1) is 0 Å². The Morgan fingerprint density at radius 2 is 1.86 bits per heavy atom. The predicted molar refractivity (Wildman–Crippen MR) is 150 cm³/mol. The van der Waals surface area contributed by atoms with E-state index in [0.717, 1.165) is 22.6 Å². The van der Waals surface area contributed by atoms with Gasteiger partial charge >= 0.3 is 0 Å². The van der Waals surface area contributed by atoms with Crippen LogP contribution in [-0.4, -0.2) is 55.1 Å². The lowest BCUT2D eigenvalue weighted by molar-refractivity contribution is -0.119. The van der Waals surface area contributed by atoms with Crippen molar-refractivity contribution in [3.05, 3.63) is 71.9 Å². The molecule has 0 fully saturated rings. The van der Waals surface area contributed by atoms with Crippen LogP contribution in [-0.2, 0) is 10.2 Å². The van der Waals surface area contributed by atoms with Crippen LogP contribution >= 0.6 is 0 Å². The number of hydrazone groups is 1. The molecule has 0 unspecified atom stereocenters. The number of rotatable bonds is 8. The highest BCUT2D eigenvalue weighted by Crippen LogP contribution is 2.42. The number of nitrogens with zero attached hydrogens (tertiary/aromatic N) is 4. The molecule has 3 aromatic rings. The summed E-state index contributed by atoms with van der Waals surface area (Å²) in [6.45, 7) is 6.99. The topological polar surface area (TPSA) is 102 Å². The molecule has 4 rings (SSSR count). The number of carbonyl (C=O) groups is 2. The molecule has 192 valence electrons. The molecule has 0 spiro atoms. The average Bonchev–Trinajstić information content (AvgIpc) is 3.13. The van der Waals surface area contributed by atoms with Crippen molar-refractivity contribution in [2.75, 3.05) is 48.1 Å². The minimum Gasteiger partial charge on any atom is -0.340 e. The van der Waals surface area contributed by atoms with E-state index in [-0.39, 0.29) is 17.2 Å². The molecule has 9 nitrogen and oxygen atoms in total. The molecule has 0 radical (unpaired) electrons. The van der Waals surface area contributed by atoms with E-state index < -0.39 is 0 Å². The summed E-state index contributed by atoms with van der Waals surface area (Å²) in [5.41, 5.74) is 7.26. The first-order valence-electron chi connectivity index (χ1n) is 12.1. The first-order chi connectivity index (χ1) is 17.7. The van der Waals surface area contributed by atoms with Gasteiger partial charge in [-0.1, -0.05) is 26.0 Å². The second-order valence-corrected chi connectivity index (χ2v) is 9.89. The Morgan fingerprint density at radius 3 is 2.62 bits per heavy atom. The van der Waals surface area contributed by atoms with Crippen LogP contribution in [0.5, 0.6) is 0 Å². The third-order valence-electron chi connectivity index (χ3n) is 6.08. The van der Waals surface area contributed by atoms with Crippen molar-refractivity contribution < 1.29 is 9.59 Å². The fourth-order valence-electron chi connectivity index (χ4n) is 4.38. The van der Waals surface area contributed by atoms with Crippen LogP contribution in [0.3, 0.4) is 0 Å². The van der Waals surface area contributed by atoms with Gasteiger partial charge in [0.25, 0.3) is 5.91 Å². The summed E-state index contributed by atoms with van der Waals surface area (Å²) in [6.07, 6.45) is 3.30. The van der Waals surface area contributed by atoms with E-state index in [1.54, 1.807) is 24.5 Å². The second-order valence-electron chi connectivity index (χ2n) is 9.89. The van der Waals surface area contributed by atoms with Gasteiger partial charge in [-0.05, 0) is 69.0 Å². The summed E-state index contributed by atoms with van der Waals surface area (Å²) >= 11 is 0. The van der Waals surface area contributed by atoms with E-state index in [9.17, 15) is 9.59 Å². The molecule has 2 amide bonds. The first kappa shape index (κ1) is 25.8. The van der Waals surface area contributed by atoms with Crippen molar-refractivity contribution in [3.8, 4) is 0 Å². The monoisotopic (exact) mass is 499 g/mol. The number of likely N-dealkylation sites (N-methyl/N-ethyl adjacent to an activating group) is 1. The molecule has 0 saturated heterocycles. The van der Waals surface area contributed by atoms with Gasteiger partial charge in [-0.25, -0.2) is 4.98 Å². The maximum Gasteiger partial charge on any atom is 0.259 e. The molecule has 0 bridgehead atoms. The maximum atomic E-state index is 13.3. The SMILES string of the molecule is C/C=N\Nc1cccc(Nc2ncccc2C(=O)Nc2ccc3c(c2)N(C(=O)CN(C)C)CC3(C)C)c1. The van der Waals surface area contributed by atoms with Crippen LogP contribution < -0.4 is 21.0 Å². The number of benzene rings is 2. The minimum atomic E-state index is -0.302. The van der Waals surface area contributed by atoms with Gasteiger partial charge < -0.3 is 20.4 Å². The molecule has 1 aromatic heterocycles. The highest BCUT2D eigenvalue weighted by Gasteiger charge is 2.38. The molecule has 2 aromatic carbocycles. The minimum absolute atomic E-state index is 0.0281. The van der Waals surface area contributed by atoms with Crippen molar-refractivity contribution in [2.24, 2.45) is 5.10 Å². The molecular formula is C28H33N7O2. The van der Waals surface area contributed by atoms with E-state index in [1.807, 2.05) is 73.3 Å². The van der Waals surface area contributed by atoms with Crippen molar-refractivity contribution >= 4 is 46.6 Å². The number of hydrogen-bond acceptors (Lipinski definition) is 7. The van der Waals surface area contributed by atoms with E-state index in [1.165, 1.54) is 0 Å². The van der Waals surface area contributed by atoms with E-state index in [0.29, 0.717) is 30.2 Å². The number of fused-ring (bicyclic) bond motifs is 1. The van der Waals surface area contributed by atoms with E-state index in [4.69, 9.17) is 0 Å². The van der Waals surface area contributed by atoms with Gasteiger partial charge in [-0.3, -0.25) is 15.0 Å². The Kier molecular flexibility index (Phi) is 7.54. The lowest BCUT2D eigenvalue weighted by atomic mass is 9.87. The lowest BCUT2D eigenvalue weighted by Gasteiger charge is -2.22. The van der Waals surface area contributed by atoms with Crippen LogP contribution in [0.4, 0.5) is 28.6 Å². The van der Waals surface area contributed by atoms with Gasteiger partial charge in [0.2, 0.25) is 5.91 Å². The van der Waals surface area contributed by atoms with Gasteiger partial charge in [0.15, 0.2) is 0 Å². The first-order valence-corrected chi connectivity index (χ1v) is 12.1. The van der Waals surface area contributed by atoms with Crippen molar-refractivity contribution in [2.45, 2.75) is 26.2 Å². The molecule has 9 heteroatoms. The van der Waals surface area contributed by atoms with Crippen molar-refractivity contribution in [3.63, 3.8) is 0 Å². The Bertz CT molecular complexity index is 1330. The highest BCUT2D eigenvalue weighted by atomic mass is 16.2. The van der Waals surface area contributed by atoms with Crippen molar-refractivity contribution in [1.29, 1.82) is 0 Å². The standard InChI is InChI=1S/C28H33N7O2/c1-6-30-33-21-10-7-9-19(15-21)31-26-22(11-8-14-29-26)27(37)32-20-12-13-23-24(16-20)35(18-28(23,2)3)25(36)17-34(4)5/h6-16,33H,17-18H2,1-5H3,(H,29,31)(H,32,37)/b30-6-. The number of carbonyl (C=O) groups excluding carboxylic acids is 2. The summed E-state index contributed by atoms with van der Waals surface area (Å²) in [6, 6.07) is 16.7. The number of hydrogen-bond donors (Lipinski definition) is 3. The largest absolute Gasteiger partial charge is 0.340 e. The lowest BCUT2D eigenvalue weighted by Crippen LogP contribution is -2.39. The zero-order valence-electron chi connectivity index (χ0n) is 21.9. The molecule has 0 atom stereocenters. The molecule has 0 saturated carbocycles. The number of aromatic nitrogens is 1. The summed E-state index contributed by atoms with van der Waals surface area (Å²) in [5.74, 6) is 0.158. The van der Waals surface area contributed by atoms with Crippen LogP contribution in [0.2, 0.25) is 0 Å². The molecule has 3 N–H and O–H groups in total. The maximum absolute atomic E-state index is 13.3. The molecule has 0 aliphatic carbocycles. The normalized spacial score (nSPS) is 14.1. The quantitative estimate of drug-likeness (QED) is 0.307. The van der Waals surface area contributed by atoms with Crippen molar-refractivity contribution in [1.82, 2.24) is 9.88 Å². The third-order valence-corrected chi connectivity index (χ3v) is 6.08. The van der Waals surface area contributed by atoms with E-state index >= 15 is 0 Å². The van der Waals surface area contributed by atoms with Gasteiger partial charge in [-0.2, -0.15) is 5.10 Å². The Morgan fingerprint density at radius 1 is 1.08 bits per heavy atom. The molecular weight excluding hydrogens is 466 g/mol. The zero-order valence-corrected chi connectivity index (χ0v) is 21.9. The summed E-state index contributed by atoms with van der Waals surface area (Å²) in [5, 5.41) is 10.2. The molecule has 2 heterocycles. The number of nitrogens with one attached hydrogen (secondary N) is 3. The fourth-order valence-corrected chi connectivity index (χ4v) is 4.38. The smallest absolute Gasteiger partial charge is 0.259 e. The van der Waals surface area contributed by atoms with Gasteiger partial charge in [0.05, 0.1) is 17.8 Å². The van der Waals surface area contributed by atoms with E-state index in [2.05, 4.69) is 40.0 Å². The van der Waals surface area contributed by atoms with Gasteiger partial charge in [0.1, 0.15) is 5.82 Å². The number of pyridine rings is 1. The average molecular weight is 500 g/mol.